The van der Waals surface area contributed by atoms with Gasteiger partial charge >= 0.3 is 5.97 Å². The third-order valence-corrected chi connectivity index (χ3v) is 4.20. The van der Waals surface area contributed by atoms with Crippen molar-refractivity contribution in [3.05, 3.63) is 24.3 Å². The average molecular weight is 261 g/mol. The van der Waals surface area contributed by atoms with E-state index >= 15 is 0 Å². The number of aliphatic carboxylic acids is 1. The lowest BCUT2D eigenvalue weighted by Crippen LogP contribution is -2.59. The van der Waals surface area contributed by atoms with Crippen molar-refractivity contribution < 1.29 is 19.4 Å². The Hall–Kier alpha value is -2.04. The molecule has 1 aromatic carbocycles. The van der Waals surface area contributed by atoms with Gasteiger partial charge in [-0.05, 0) is 25.0 Å². The second-order valence-corrected chi connectivity index (χ2v) is 5.18. The number of anilines is 1. The van der Waals surface area contributed by atoms with E-state index in [4.69, 9.17) is 4.74 Å². The molecule has 0 spiro atoms. The molecule has 1 N–H and O–H groups in total. The van der Waals surface area contributed by atoms with Gasteiger partial charge in [0.2, 0.25) is 0 Å². The van der Waals surface area contributed by atoms with Crippen LogP contribution >= 0.6 is 0 Å². The van der Waals surface area contributed by atoms with Gasteiger partial charge in [0, 0.05) is 7.05 Å². The summed E-state index contributed by atoms with van der Waals surface area (Å²) >= 11 is 0. The van der Waals surface area contributed by atoms with Gasteiger partial charge in [-0.25, -0.2) is 0 Å². The van der Waals surface area contributed by atoms with Crippen LogP contribution < -0.4 is 9.64 Å². The van der Waals surface area contributed by atoms with Gasteiger partial charge < -0.3 is 14.7 Å². The Morgan fingerprint density at radius 3 is 2.68 bits per heavy atom. The van der Waals surface area contributed by atoms with E-state index in [1.807, 2.05) is 12.1 Å². The quantitative estimate of drug-likeness (QED) is 0.879. The number of nitrogens with zero attached hydrogens (tertiary/aromatic N) is 1. The number of para-hydroxylation sites is 2. The van der Waals surface area contributed by atoms with E-state index < -0.39 is 17.5 Å². The summed E-state index contributed by atoms with van der Waals surface area (Å²) in [6.45, 7) is 0. The highest BCUT2D eigenvalue weighted by atomic mass is 16.5. The third-order valence-electron chi connectivity index (χ3n) is 4.20. The van der Waals surface area contributed by atoms with Crippen LogP contribution in [0, 0.1) is 5.41 Å². The van der Waals surface area contributed by atoms with Gasteiger partial charge in [0.15, 0.2) is 6.10 Å². The fourth-order valence-corrected chi connectivity index (χ4v) is 2.80. The maximum atomic E-state index is 12.4. The first-order valence-corrected chi connectivity index (χ1v) is 6.33. The summed E-state index contributed by atoms with van der Waals surface area (Å²) in [6.07, 6.45) is 0.896. The van der Waals surface area contributed by atoms with Gasteiger partial charge in [0.25, 0.3) is 5.91 Å². The fraction of sp³-hybridized carbons (Fsp3) is 0.429. The van der Waals surface area contributed by atoms with Crippen molar-refractivity contribution in [2.45, 2.75) is 25.4 Å². The van der Waals surface area contributed by atoms with Crippen LogP contribution in [-0.4, -0.2) is 30.1 Å². The molecule has 1 aromatic rings. The first kappa shape index (κ1) is 12.0. The molecule has 0 radical (unpaired) electrons. The minimum absolute atomic E-state index is 0.277. The Morgan fingerprint density at radius 2 is 2.11 bits per heavy atom. The number of fused-ring (bicyclic) bond motifs is 1. The van der Waals surface area contributed by atoms with E-state index in [-0.39, 0.29) is 5.91 Å². The Labute approximate surface area is 110 Å². The van der Waals surface area contributed by atoms with E-state index in [2.05, 4.69) is 0 Å². The SMILES string of the molecule is CN1C(=O)C(C2(C(=O)O)CCC2)Oc2ccccc21. The van der Waals surface area contributed by atoms with Crippen molar-refractivity contribution in [2.75, 3.05) is 11.9 Å². The van der Waals surface area contributed by atoms with Crippen LogP contribution in [0.5, 0.6) is 5.75 Å². The van der Waals surface area contributed by atoms with Gasteiger partial charge in [-0.3, -0.25) is 9.59 Å². The summed E-state index contributed by atoms with van der Waals surface area (Å²) in [6, 6.07) is 7.19. The molecule has 1 fully saturated rings. The molecule has 0 aromatic heterocycles. The molecule has 0 bridgehead atoms. The van der Waals surface area contributed by atoms with Crippen LogP contribution in [0.25, 0.3) is 0 Å². The number of hydrogen-bond donors (Lipinski definition) is 1. The van der Waals surface area contributed by atoms with E-state index in [0.717, 1.165) is 6.42 Å². The maximum Gasteiger partial charge on any atom is 0.313 e. The van der Waals surface area contributed by atoms with Crippen molar-refractivity contribution in [1.82, 2.24) is 0 Å². The number of carboxylic acids is 1. The number of carbonyl (C=O) groups excluding carboxylic acids is 1. The first-order valence-electron chi connectivity index (χ1n) is 6.33. The van der Waals surface area contributed by atoms with Gasteiger partial charge in [0.1, 0.15) is 11.2 Å². The van der Waals surface area contributed by atoms with Crippen molar-refractivity contribution in [2.24, 2.45) is 5.41 Å². The fourth-order valence-electron chi connectivity index (χ4n) is 2.80. The minimum Gasteiger partial charge on any atom is -0.481 e. The van der Waals surface area contributed by atoms with E-state index in [9.17, 15) is 14.7 Å². The number of benzene rings is 1. The van der Waals surface area contributed by atoms with Crippen molar-refractivity contribution >= 4 is 17.6 Å². The van der Waals surface area contributed by atoms with Crippen LogP contribution in [0.2, 0.25) is 0 Å². The Balaban J connectivity index is 2.02. The molecule has 1 saturated carbocycles. The molecule has 1 unspecified atom stereocenters. The molecule has 1 amide bonds. The van der Waals surface area contributed by atoms with Gasteiger partial charge in [0.05, 0.1) is 5.69 Å². The monoisotopic (exact) mass is 261 g/mol. The van der Waals surface area contributed by atoms with Crippen molar-refractivity contribution in [1.29, 1.82) is 0 Å². The summed E-state index contributed by atoms with van der Waals surface area (Å²) < 4.78 is 5.71. The second kappa shape index (κ2) is 3.98. The number of likely N-dealkylation sites (N-methyl/N-ethyl adjacent to an activating group) is 1. The molecule has 100 valence electrons. The van der Waals surface area contributed by atoms with Gasteiger partial charge in [-0.15, -0.1) is 0 Å². The lowest BCUT2D eigenvalue weighted by molar-refractivity contribution is -0.168. The summed E-state index contributed by atoms with van der Waals surface area (Å²) in [7, 11) is 1.66. The molecule has 1 aliphatic carbocycles. The standard InChI is InChI=1S/C14H15NO4/c1-15-9-5-2-3-6-10(9)19-11(12(15)16)14(13(17)18)7-4-8-14/h2-3,5-6,11H,4,7-8H2,1H3,(H,17,18). The molecule has 3 rings (SSSR count). The Kier molecular flexibility index (Phi) is 2.52. The average Bonchev–Trinajstić information content (AvgIpc) is 2.33. The lowest BCUT2D eigenvalue weighted by Gasteiger charge is -2.45. The minimum atomic E-state index is -1.06. The predicted octanol–water partition coefficient (Wildman–Crippen LogP) is 1.67. The molecule has 1 atom stereocenters. The van der Waals surface area contributed by atoms with Crippen LogP contribution in [0.15, 0.2) is 24.3 Å². The van der Waals surface area contributed by atoms with Crippen LogP contribution in [0.3, 0.4) is 0 Å². The molecule has 1 aliphatic heterocycles. The zero-order valence-corrected chi connectivity index (χ0v) is 10.6. The molecule has 2 aliphatic rings. The normalized spacial score (nSPS) is 24.2. The van der Waals surface area contributed by atoms with Gasteiger partial charge in [-0.1, -0.05) is 18.6 Å². The highest BCUT2D eigenvalue weighted by Crippen LogP contribution is 2.48. The summed E-state index contributed by atoms with van der Waals surface area (Å²) in [4.78, 5) is 25.4. The summed E-state index contributed by atoms with van der Waals surface area (Å²) in [5.74, 6) is -0.646. The molecule has 19 heavy (non-hydrogen) atoms. The molecular formula is C14H15NO4. The van der Waals surface area contributed by atoms with E-state index in [1.54, 1.807) is 19.2 Å². The van der Waals surface area contributed by atoms with E-state index in [0.29, 0.717) is 24.3 Å². The Morgan fingerprint density at radius 1 is 1.42 bits per heavy atom. The molecule has 5 nitrogen and oxygen atoms in total. The van der Waals surface area contributed by atoms with Crippen molar-refractivity contribution in [3.63, 3.8) is 0 Å². The number of amides is 1. The number of hydrogen-bond acceptors (Lipinski definition) is 3. The topological polar surface area (TPSA) is 66.8 Å². The molecular weight excluding hydrogens is 246 g/mol. The Bertz CT molecular complexity index is 550. The van der Waals surface area contributed by atoms with E-state index in [1.165, 1.54) is 4.90 Å². The lowest BCUT2D eigenvalue weighted by atomic mass is 9.64. The summed E-state index contributed by atoms with van der Waals surface area (Å²) in [5.41, 5.74) is -0.373. The molecule has 5 heteroatoms. The summed E-state index contributed by atoms with van der Waals surface area (Å²) in [5, 5.41) is 9.44. The third kappa shape index (κ3) is 1.54. The first-order chi connectivity index (χ1) is 9.06. The van der Waals surface area contributed by atoms with Crippen LogP contribution in [-0.2, 0) is 9.59 Å². The van der Waals surface area contributed by atoms with Gasteiger partial charge in [-0.2, -0.15) is 0 Å². The molecule has 0 saturated heterocycles. The predicted molar refractivity (Wildman–Crippen MR) is 68.2 cm³/mol. The smallest absolute Gasteiger partial charge is 0.313 e. The second-order valence-electron chi connectivity index (χ2n) is 5.18. The number of ether oxygens (including phenoxy) is 1. The zero-order valence-electron chi connectivity index (χ0n) is 10.6. The number of rotatable bonds is 2. The number of carboxylic acid groups (broad SMARTS) is 1. The van der Waals surface area contributed by atoms with Crippen LogP contribution in [0.4, 0.5) is 5.69 Å². The highest BCUT2D eigenvalue weighted by molar-refractivity contribution is 6.02. The molecule has 1 heterocycles. The largest absolute Gasteiger partial charge is 0.481 e. The van der Waals surface area contributed by atoms with Crippen LogP contribution in [0.1, 0.15) is 19.3 Å². The zero-order chi connectivity index (χ0) is 13.6. The van der Waals surface area contributed by atoms with Crippen molar-refractivity contribution in [3.8, 4) is 5.75 Å². The highest BCUT2D eigenvalue weighted by Gasteiger charge is 2.57. The maximum absolute atomic E-state index is 12.4. The number of carbonyl (C=O) groups is 2.